The van der Waals surface area contributed by atoms with E-state index >= 15 is 0 Å². The Balaban J connectivity index is 1.75. The molecular formula is C11H17BrN2OS. The normalized spacial score (nSPS) is 25.2. The lowest BCUT2D eigenvalue weighted by Gasteiger charge is -2.13. The Kier molecular flexibility index (Phi) is 4.38. The van der Waals surface area contributed by atoms with Crippen molar-refractivity contribution in [1.82, 2.24) is 10.6 Å². The molecule has 1 aromatic rings. The first-order chi connectivity index (χ1) is 7.66. The van der Waals surface area contributed by atoms with Gasteiger partial charge in [-0.2, -0.15) is 0 Å². The summed E-state index contributed by atoms with van der Waals surface area (Å²) in [5.41, 5.74) is 1.30. The van der Waals surface area contributed by atoms with Gasteiger partial charge < -0.3 is 15.7 Å². The molecule has 1 aromatic heterocycles. The van der Waals surface area contributed by atoms with Crippen LogP contribution in [0.2, 0.25) is 0 Å². The Morgan fingerprint density at radius 2 is 2.44 bits per heavy atom. The highest BCUT2D eigenvalue weighted by molar-refractivity contribution is 9.11. The van der Waals surface area contributed by atoms with E-state index in [1.165, 1.54) is 14.2 Å². The molecule has 2 heterocycles. The first-order valence-electron chi connectivity index (χ1n) is 5.51. The summed E-state index contributed by atoms with van der Waals surface area (Å²) in [4.78, 5) is 1.34. The van der Waals surface area contributed by atoms with Gasteiger partial charge in [0.15, 0.2) is 0 Å². The molecule has 0 aliphatic carbocycles. The maximum atomic E-state index is 9.63. The minimum absolute atomic E-state index is 0.190. The van der Waals surface area contributed by atoms with Crippen molar-refractivity contribution in [3.05, 3.63) is 20.3 Å². The van der Waals surface area contributed by atoms with Crippen molar-refractivity contribution in [2.45, 2.75) is 19.6 Å². The molecule has 2 rings (SSSR count). The Bertz CT molecular complexity index is 336. The highest BCUT2D eigenvalue weighted by Crippen LogP contribution is 2.27. The lowest BCUT2D eigenvalue weighted by atomic mass is 10.1. The number of aliphatic hydroxyl groups excluding tert-OH is 1. The molecule has 16 heavy (non-hydrogen) atoms. The number of hydrogen-bond acceptors (Lipinski definition) is 4. The molecule has 0 saturated carbocycles. The van der Waals surface area contributed by atoms with Crippen LogP contribution in [0, 0.1) is 12.8 Å². The van der Waals surface area contributed by atoms with Gasteiger partial charge in [0, 0.05) is 37.0 Å². The SMILES string of the molecule is Cc1cc(CNCC2CNCC2O)sc1Br. The van der Waals surface area contributed by atoms with Crippen molar-refractivity contribution in [1.29, 1.82) is 0 Å². The molecule has 3 nitrogen and oxygen atoms in total. The average Bonchev–Trinajstić information content (AvgIpc) is 2.76. The average molecular weight is 305 g/mol. The van der Waals surface area contributed by atoms with Crippen molar-refractivity contribution < 1.29 is 5.11 Å². The monoisotopic (exact) mass is 304 g/mol. The third-order valence-electron chi connectivity index (χ3n) is 2.92. The summed E-state index contributed by atoms with van der Waals surface area (Å²) in [5, 5.41) is 16.2. The Hall–Kier alpha value is 0.0600. The summed E-state index contributed by atoms with van der Waals surface area (Å²) < 4.78 is 1.21. The number of aliphatic hydroxyl groups is 1. The molecule has 0 spiro atoms. The first-order valence-corrected chi connectivity index (χ1v) is 7.12. The summed E-state index contributed by atoms with van der Waals surface area (Å²) in [6.45, 7) is 5.52. The topological polar surface area (TPSA) is 44.3 Å². The van der Waals surface area contributed by atoms with Gasteiger partial charge in [-0.1, -0.05) is 0 Å². The van der Waals surface area contributed by atoms with Crippen molar-refractivity contribution in [3.8, 4) is 0 Å². The van der Waals surface area contributed by atoms with E-state index in [1.54, 1.807) is 11.3 Å². The summed E-state index contributed by atoms with van der Waals surface area (Å²) in [6.07, 6.45) is -0.190. The Labute approximate surface area is 108 Å². The van der Waals surface area contributed by atoms with E-state index < -0.39 is 0 Å². The smallest absolute Gasteiger partial charge is 0.0730 e. The summed E-state index contributed by atoms with van der Waals surface area (Å²) >= 11 is 5.30. The van der Waals surface area contributed by atoms with Crippen LogP contribution in [-0.4, -0.2) is 30.8 Å². The summed E-state index contributed by atoms with van der Waals surface area (Å²) in [7, 11) is 0. The zero-order chi connectivity index (χ0) is 11.5. The number of halogens is 1. The van der Waals surface area contributed by atoms with Crippen molar-refractivity contribution in [2.24, 2.45) is 5.92 Å². The molecule has 90 valence electrons. The van der Waals surface area contributed by atoms with Crippen LogP contribution in [0.5, 0.6) is 0 Å². The van der Waals surface area contributed by atoms with Gasteiger partial charge in [-0.25, -0.2) is 0 Å². The van der Waals surface area contributed by atoms with Crippen LogP contribution in [0.25, 0.3) is 0 Å². The van der Waals surface area contributed by atoms with Crippen LogP contribution in [0.15, 0.2) is 9.85 Å². The Morgan fingerprint density at radius 3 is 3.00 bits per heavy atom. The van der Waals surface area contributed by atoms with Gasteiger partial charge in [-0.3, -0.25) is 0 Å². The second-order valence-electron chi connectivity index (χ2n) is 4.29. The lowest BCUT2D eigenvalue weighted by molar-refractivity contribution is 0.146. The van der Waals surface area contributed by atoms with Crippen LogP contribution in [0.4, 0.5) is 0 Å². The van der Waals surface area contributed by atoms with E-state index in [-0.39, 0.29) is 6.10 Å². The highest BCUT2D eigenvalue weighted by atomic mass is 79.9. The number of nitrogens with one attached hydrogen (secondary N) is 2. The largest absolute Gasteiger partial charge is 0.391 e. The molecule has 1 fully saturated rings. The maximum absolute atomic E-state index is 9.63. The number of hydrogen-bond donors (Lipinski definition) is 3. The zero-order valence-electron chi connectivity index (χ0n) is 9.29. The van der Waals surface area contributed by atoms with E-state index in [4.69, 9.17) is 0 Å². The quantitative estimate of drug-likeness (QED) is 0.790. The van der Waals surface area contributed by atoms with E-state index in [9.17, 15) is 5.11 Å². The van der Waals surface area contributed by atoms with Crippen LogP contribution < -0.4 is 10.6 Å². The van der Waals surface area contributed by atoms with Crippen molar-refractivity contribution in [2.75, 3.05) is 19.6 Å². The molecule has 2 atom stereocenters. The van der Waals surface area contributed by atoms with Crippen LogP contribution in [0.1, 0.15) is 10.4 Å². The molecular weight excluding hydrogens is 288 g/mol. The van der Waals surface area contributed by atoms with Gasteiger partial charge in [0.05, 0.1) is 9.89 Å². The lowest BCUT2D eigenvalue weighted by Crippen LogP contribution is -2.29. The van der Waals surface area contributed by atoms with Gasteiger partial charge >= 0.3 is 0 Å². The summed E-state index contributed by atoms with van der Waals surface area (Å²) in [5.74, 6) is 0.351. The second-order valence-corrected chi connectivity index (χ2v) is 6.74. The zero-order valence-corrected chi connectivity index (χ0v) is 11.7. The number of thiophene rings is 1. The number of β-amino-alcohol motifs (C(OH)–C–C–N with tert-alkyl or cyclic N) is 1. The molecule has 0 bridgehead atoms. The van der Waals surface area contributed by atoms with Crippen LogP contribution >= 0.6 is 27.3 Å². The van der Waals surface area contributed by atoms with Gasteiger partial charge in [0.1, 0.15) is 0 Å². The third-order valence-corrected chi connectivity index (χ3v) is 5.05. The first kappa shape index (κ1) is 12.5. The predicted octanol–water partition coefficient (Wildman–Crippen LogP) is 1.49. The second kappa shape index (κ2) is 5.60. The van der Waals surface area contributed by atoms with E-state index in [2.05, 4.69) is 39.6 Å². The molecule has 3 N–H and O–H groups in total. The fourth-order valence-corrected chi connectivity index (χ4v) is 3.52. The molecule has 1 aliphatic heterocycles. The van der Waals surface area contributed by atoms with Gasteiger partial charge in [-0.15, -0.1) is 11.3 Å². The third kappa shape index (κ3) is 3.05. The molecule has 5 heteroatoms. The predicted molar refractivity (Wildman–Crippen MR) is 70.8 cm³/mol. The van der Waals surface area contributed by atoms with E-state index in [0.717, 1.165) is 26.2 Å². The number of aryl methyl sites for hydroxylation is 1. The minimum Gasteiger partial charge on any atom is -0.391 e. The molecule has 2 unspecified atom stereocenters. The van der Waals surface area contributed by atoms with Gasteiger partial charge in [0.2, 0.25) is 0 Å². The fraction of sp³-hybridized carbons (Fsp3) is 0.636. The van der Waals surface area contributed by atoms with E-state index in [0.29, 0.717) is 5.92 Å². The highest BCUT2D eigenvalue weighted by Gasteiger charge is 2.24. The summed E-state index contributed by atoms with van der Waals surface area (Å²) in [6, 6.07) is 2.20. The molecule has 0 amide bonds. The maximum Gasteiger partial charge on any atom is 0.0730 e. The molecule has 1 saturated heterocycles. The molecule has 1 aliphatic rings. The van der Waals surface area contributed by atoms with Crippen molar-refractivity contribution >= 4 is 27.3 Å². The number of rotatable bonds is 4. The standard InChI is InChI=1S/C11H17BrN2OS/c1-7-2-9(16-11(7)12)5-13-3-8-4-14-6-10(8)15/h2,8,10,13-15H,3-6H2,1H3. The van der Waals surface area contributed by atoms with Crippen LogP contribution in [0.3, 0.4) is 0 Å². The van der Waals surface area contributed by atoms with Gasteiger partial charge in [0.25, 0.3) is 0 Å². The van der Waals surface area contributed by atoms with Gasteiger partial charge in [-0.05, 0) is 34.5 Å². The van der Waals surface area contributed by atoms with E-state index in [1.807, 2.05) is 0 Å². The fourth-order valence-electron chi connectivity index (χ4n) is 1.92. The van der Waals surface area contributed by atoms with Crippen LogP contribution in [-0.2, 0) is 6.54 Å². The molecule has 0 radical (unpaired) electrons. The Morgan fingerprint density at radius 1 is 1.62 bits per heavy atom. The molecule has 0 aromatic carbocycles. The van der Waals surface area contributed by atoms with Crippen molar-refractivity contribution in [3.63, 3.8) is 0 Å². The minimum atomic E-state index is -0.190.